The summed E-state index contributed by atoms with van der Waals surface area (Å²) in [5.74, 6) is 0. The number of aromatic nitrogens is 5. The van der Waals surface area contributed by atoms with Crippen molar-refractivity contribution in [3.05, 3.63) is 407 Å². The van der Waals surface area contributed by atoms with Gasteiger partial charge in [0.2, 0.25) is 0 Å². The molecule has 5 nitrogen and oxygen atoms in total. The lowest BCUT2D eigenvalue weighted by Gasteiger charge is -2.19. The van der Waals surface area contributed by atoms with Gasteiger partial charge in [0.25, 0.3) is 0 Å². The first kappa shape index (κ1) is 65.4. The summed E-state index contributed by atoms with van der Waals surface area (Å²) in [5, 5.41) is 23.2. The Morgan fingerprint density at radius 1 is 0.152 bits per heavy atom. The van der Waals surface area contributed by atoms with Crippen LogP contribution in [0.2, 0.25) is 0 Å². The molecule has 0 N–H and O–H groups in total. The number of rotatable bonds is 10. The fourth-order valence-corrected chi connectivity index (χ4v) is 17.0. The minimum atomic E-state index is 0.825. The summed E-state index contributed by atoms with van der Waals surface area (Å²) in [5.41, 5.74) is 23.2. The molecule has 5 heterocycles. The maximum Gasteiger partial charge on any atom is 0.0893 e. The van der Waals surface area contributed by atoms with Gasteiger partial charge in [0, 0.05) is 75.8 Å². The van der Waals surface area contributed by atoms with Crippen molar-refractivity contribution in [3.63, 3.8) is 0 Å². The van der Waals surface area contributed by atoms with Crippen LogP contribution in [-0.4, -0.2) is 24.9 Å². The van der Waals surface area contributed by atoms with E-state index in [1.165, 1.54) is 147 Å². The largest absolute Gasteiger partial charge is 0.263 e. The van der Waals surface area contributed by atoms with Gasteiger partial charge in [-0.3, -0.25) is 19.9 Å². The average molecular weight is 1420 g/mol. The zero-order valence-corrected chi connectivity index (χ0v) is 60.9. The highest BCUT2D eigenvalue weighted by Gasteiger charge is 2.22. The van der Waals surface area contributed by atoms with Crippen LogP contribution in [0.4, 0.5) is 0 Å². The zero-order valence-electron chi connectivity index (χ0n) is 60.9. The highest BCUT2D eigenvalue weighted by Crippen LogP contribution is 2.49. The van der Waals surface area contributed by atoms with Gasteiger partial charge in [-0.25, -0.2) is 4.98 Å². The van der Waals surface area contributed by atoms with Gasteiger partial charge < -0.3 is 0 Å². The fraction of sp³-hybridized carbons (Fsp3) is 0. The first-order valence-electron chi connectivity index (χ1n) is 38.1. The van der Waals surface area contributed by atoms with Crippen molar-refractivity contribution in [1.29, 1.82) is 0 Å². The lowest BCUT2D eigenvalue weighted by Crippen LogP contribution is -1.93. The molecule has 0 saturated heterocycles. The number of pyridine rings is 5. The molecule has 0 aliphatic carbocycles. The number of hydrogen-bond acceptors (Lipinski definition) is 5. The van der Waals surface area contributed by atoms with Gasteiger partial charge >= 0.3 is 0 Å². The van der Waals surface area contributed by atoms with Crippen LogP contribution < -0.4 is 0 Å². The smallest absolute Gasteiger partial charge is 0.0893 e. The van der Waals surface area contributed by atoms with E-state index in [0.717, 1.165) is 72.3 Å². The third kappa shape index (κ3) is 11.9. The molecule has 17 aromatic carbocycles. The Bertz CT molecular complexity index is 7500. The van der Waals surface area contributed by atoms with Crippen LogP contribution in [0.5, 0.6) is 0 Å². The molecule has 0 aliphatic heterocycles. The van der Waals surface area contributed by atoms with Gasteiger partial charge in [-0.2, -0.15) is 0 Å². The van der Waals surface area contributed by atoms with E-state index in [2.05, 4.69) is 349 Å². The van der Waals surface area contributed by atoms with E-state index in [9.17, 15) is 0 Å². The average Bonchev–Trinajstić information content (AvgIpc) is 0.728. The molecule has 0 fully saturated rings. The Labute approximate surface area is 647 Å². The topological polar surface area (TPSA) is 64.5 Å². The molecule has 22 rings (SSSR count). The zero-order chi connectivity index (χ0) is 74.0. The molecule has 0 bridgehead atoms. The molecule has 0 radical (unpaired) electrons. The van der Waals surface area contributed by atoms with E-state index < -0.39 is 0 Å². The SMILES string of the molecule is c1cc(-c2cnc3ccccc3c2)nc(-c2ccc(-c3ccc4c(-c5ccc6ccccc6c5)c5ccccc5c(-c5ccc6ccccc6c5)c4c3)cn2)c1.c1ccc2cc(-c3c4ccccc4c(-c4ccc5ccccc5c4)c4cc(-c5ccc(-c6cncc(-c7cncc8ccccc78)c6)cc5)ccc34)ccc2c1. The lowest BCUT2D eigenvalue weighted by atomic mass is 9.84. The number of para-hydroxylation sites is 1. The molecule has 22 aromatic rings. The molecule has 0 atom stereocenters. The lowest BCUT2D eigenvalue weighted by molar-refractivity contribution is 1.24. The molecular weight excluding hydrogens is 1360 g/mol. The minimum Gasteiger partial charge on any atom is -0.263 e. The maximum atomic E-state index is 5.01. The second kappa shape index (κ2) is 27.7. The summed E-state index contributed by atoms with van der Waals surface area (Å²) in [6.07, 6.45) is 11.6. The second-order valence-electron chi connectivity index (χ2n) is 29.1. The summed E-state index contributed by atoms with van der Waals surface area (Å²) in [6, 6.07) is 134. The van der Waals surface area contributed by atoms with Gasteiger partial charge in [-0.15, -0.1) is 0 Å². The normalized spacial score (nSPS) is 11.6. The van der Waals surface area contributed by atoms with Gasteiger partial charge in [-0.05, 0) is 231 Å². The number of fused-ring (bicyclic) bond motifs is 10. The molecule has 5 aromatic heterocycles. The second-order valence-corrected chi connectivity index (χ2v) is 29.1. The third-order valence-electron chi connectivity index (χ3n) is 22.5. The summed E-state index contributed by atoms with van der Waals surface area (Å²) in [6.45, 7) is 0. The Morgan fingerprint density at radius 2 is 0.518 bits per heavy atom. The number of nitrogens with zero attached hydrogens (tertiary/aromatic N) is 5. The molecule has 0 unspecified atom stereocenters. The Balaban J connectivity index is 0.000000141. The molecular formula is C107H67N5. The van der Waals surface area contributed by atoms with Gasteiger partial charge in [0.1, 0.15) is 0 Å². The van der Waals surface area contributed by atoms with E-state index in [-0.39, 0.29) is 0 Å². The van der Waals surface area contributed by atoms with Crippen molar-refractivity contribution in [2.75, 3.05) is 0 Å². The molecule has 0 saturated carbocycles. The summed E-state index contributed by atoms with van der Waals surface area (Å²) in [7, 11) is 0. The van der Waals surface area contributed by atoms with Crippen molar-refractivity contribution in [3.8, 4) is 112 Å². The summed E-state index contributed by atoms with van der Waals surface area (Å²) < 4.78 is 0. The maximum absolute atomic E-state index is 5.01. The highest BCUT2D eigenvalue weighted by atomic mass is 14.8. The standard InChI is InChI=1S/C54H34N2.C53H33N3/c1-3-11-39-27-42(23-21-35(39)9-1)53-48-15-7-8-16-49(48)54(43-24-22-36-10-2-4-12-40(36)28-43)51-30-41(25-26-50(51)53)37-17-19-38(20-18-37)45-29-46(33-55-32-45)52-34-56-31-44-13-5-6-14-47(44)52;1-3-12-36-28-40(22-20-34(36)10-1)52-44-15-6-7-16-45(44)53(41-23-21-35-11-2-4-13-37(35)29-41)47-31-38(24-26-46(47)52)42-25-27-50(55-32-42)51-19-9-18-49(56-51)43-30-39-14-5-8-17-48(39)54-33-43/h1-34H;1-33H. The van der Waals surface area contributed by atoms with Crippen LogP contribution in [-0.2, 0) is 0 Å². The Kier molecular flexibility index (Phi) is 16.2. The predicted octanol–water partition coefficient (Wildman–Crippen LogP) is 28.6. The van der Waals surface area contributed by atoms with Crippen LogP contribution in [0.1, 0.15) is 0 Å². The van der Waals surface area contributed by atoms with Crippen molar-refractivity contribution >= 4 is 108 Å². The van der Waals surface area contributed by atoms with Crippen LogP contribution in [0.3, 0.4) is 0 Å². The first-order valence-corrected chi connectivity index (χ1v) is 38.1. The quantitative estimate of drug-likeness (QED) is 0.128. The number of hydrogen-bond donors (Lipinski definition) is 0. The summed E-state index contributed by atoms with van der Waals surface area (Å²) in [4.78, 5) is 23.8. The van der Waals surface area contributed by atoms with Crippen molar-refractivity contribution in [2.45, 2.75) is 0 Å². The Morgan fingerprint density at radius 3 is 1.03 bits per heavy atom. The van der Waals surface area contributed by atoms with Gasteiger partial charge in [0.15, 0.2) is 0 Å². The number of benzene rings is 17. The van der Waals surface area contributed by atoms with Gasteiger partial charge in [-0.1, -0.05) is 297 Å². The van der Waals surface area contributed by atoms with Crippen molar-refractivity contribution < 1.29 is 0 Å². The van der Waals surface area contributed by atoms with E-state index in [1.54, 1.807) is 0 Å². The third-order valence-corrected chi connectivity index (χ3v) is 22.5. The van der Waals surface area contributed by atoms with Crippen LogP contribution in [0, 0.1) is 0 Å². The van der Waals surface area contributed by atoms with Crippen LogP contribution in [0.15, 0.2) is 407 Å². The molecule has 520 valence electrons. The van der Waals surface area contributed by atoms with Crippen molar-refractivity contribution in [1.82, 2.24) is 24.9 Å². The van der Waals surface area contributed by atoms with Crippen LogP contribution >= 0.6 is 0 Å². The monoisotopic (exact) mass is 1420 g/mol. The summed E-state index contributed by atoms with van der Waals surface area (Å²) >= 11 is 0. The molecule has 0 spiro atoms. The van der Waals surface area contributed by atoms with Crippen molar-refractivity contribution in [2.24, 2.45) is 0 Å². The van der Waals surface area contributed by atoms with E-state index in [4.69, 9.17) is 9.97 Å². The Hall–Kier alpha value is -14.9. The van der Waals surface area contributed by atoms with E-state index in [1.807, 2.05) is 73.6 Å². The van der Waals surface area contributed by atoms with E-state index >= 15 is 0 Å². The molecule has 5 heteroatoms. The van der Waals surface area contributed by atoms with Gasteiger partial charge in [0.05, 0.1) is 22.6 Å². The predicted molar refractivity (Wildman–Crippen MR) is 471 cm³/mol. The molecule has 0 aliphatic rings. The molecule has 0 amide bonds. The highest BCUT2D eigenvalue weighted by molar-refractivity contribution is 6.24. The molecule has 112 heavy (non-hydrogen) atoms. The first-order chi connectivity index (χ1) is 55.5. The van der Waals surface area contributed by atoms with E-state index in [0.29, 0.717) is 0 Å². The fourth-order valence-electron chi connectivity index (χ4n) is 17.0. The van der Waals surface area contributed by atoms with Crippen LogP contribution in [0.25, 0.3) is 220 Å². The minimum absolute atomic E-state index is 0.825.